The Bertz CT molecular complexity index is 262. The number of rotatable bonds is 6. The normalized spacial score (nSPS) is 14.9. The summed E-state index contributed by atoms with van der Waals surface area (Å²) in [6, 6.07) is -0.261. The van der Waals surface area contributed by atoms with Crippen molar-refractivity contribution in [1.29, 1.82) is 0 Å². The molecule has 2 amide bonds. The van der Waals surface area contributed by atoms with Crippen LogP contribution >= 0.6 is 0 Å². The minimum Gasteiger partial charge on any atom is -0.480 e. The molecule has 0 aromatic carbocycles. The van der Waals surface area contributed by atoms with E-state index in [1.54, 1.807) is 0 Å². The van der Waals surface area contributed by atoms with E-state index in [0.29, 0.717) is 24.9 Å². The lowest BCUT2D eigenvalue weighted by molar-refractivity contribution is -0.137. The second-order valence-corrected chi connectivity index (χ2v) is 4.80. The van der Waals surface area contributed by atoms with Crippen molar-refractivity contribution in [3.8, 4) is 0 Å². The van der Waals surface area contributed by atoms with Crippen molar-refractivity contribution in [2.45, 2.75) is 26.7 Å². The number of urea groups is 1. The average molecular weight is 228 g/mol. The minimum atomic E-state index is -0.958. The molecule has 0 spiro atoms. The van der Waals surface area contributed by atoms with Gasteiger partial charge < -0.3 is 15.3 Å². The third kappa shape index (κ3) is 5.00. The number of nitrogens with zero attached hydrogens (tertiary/aromatic N) is 1. The molecule has 0 aromatic rings. The molecular weight excluding hydrogens is 208 g/mol. The predicted octanol–water partition coefficient (Wildman–Crippen LogP) is 1.15. The molecule has 92 valence electrons. The number of carbonyl (C=O) groups excluding carboxylic acids is 1. The first kappa shape index (κ1) is 12.8. The zero-order valence-corrected chi connectivity index (χ0v) is 9.90. The third-order valence-corrected chi connectivity index (χ3v) is 2.45. The maximum atomic E-state index is 11.7. The lowest BCUT2D eigenvalue weighted by atomic mass is 10.2. The number of amides is 2. The largest absolute Gasteiger partial charge is 0.480 e. The third-order valence-electron chi connectivity index (χ3n) is 2.45. The van der Waals surface area contributed by atoms with Crippen LogP contribution in [0.2, 0.25) is 0 Å². The van der Waals surface area contributed by atoms with Crippen LogP contribution in [0.3, 0.4) is 0 Å². The van der Waals surface area contributed by atoms with Gasteiger partial charge in [-0.15, -0.1) is 0 Å². The van der Waals surface area contributed by atoms with Crippen LogP contribution in [-0.4, -0.2) is 41.6 Å². The molecule has 0 aliphatic heterocycles. The van der Waals surface area contributed by atoms with E-state index in [1.165, 1.54) is 4.90 Å². The maximum absolute atomic E-state index is 11.7. The van der Waals surface area contributed by atoms with E-state index < -0.39 is 5.97 Å². The van der Waals surface area contributed by atoms with Crippen LogP contribution in [-0.2, 0) is 4.79 Å². The monoisotopic (exact) mass is 228 g/mol. The minimum absolute atomic E-state index is 0.208. The summed E-state index contributed by atoms with van der Waals surface area (Å²) in [5.74, 6) is -0.0824. The molecule has 0 saturated heterocycles. The van der Waals surface area contributed by atoms with E-state index in [0.717, 1.165) is 12.8 Å². The second kappa shape index (κ2) is 5.72. The lowest BCUT2D eigenvalue weighted by Gasteiger charge is -2.21. The van der Waals surface area contributed by atoms with Crippen molar-refractivity contribution in [3.05, 3.63) is 0 Å². The van der Waals surface area contributed by atoms with Crippen LogP contribution < -0.4 is 5.32 Å². The Labute approximate surface area is 95.8 Å². The number of nitrogens with one attached hydrogen (secondary N) is 1. The first-order valence-electron chi connectivity index (χ1n) is 5.73. The maximum Gasteiger partial charge on any atom is 0.323 e. The zero-order valence-electron chi connectivity index (χ0n) is 9.90. The number of hydrogen-bond acceptors (Lipinski definition) is 2. The van der Waals surface area contributed by atoms with Crippen LogP contribution in [0.5, 0.6) is 0 Å². The Morgan fingerprint density at radius 1 is 1.44 bits per heavy atom. The van der Waals surface area contributed by atoms with Gasteiger partial charge in [-0.05, 0) is 24.7 Å². The number of carbonyl (C=O) groups is 2. The molecule has 1 aliphatic rings. The standard InChI is InChI=1S/C11H20N2O3/c1-8(2)5-12-11(16)13(7-10(14)15)6-9-3-4-9/h8-9H,3-7H2,1-2H3,(H,12,16)(H,14,15). The predicted molar refractivity (Wildman–Crippen MR) is 60.2 cm³/mol. The molecule has 16 heavy (non-hydrogen) atoms. The quantitative estimate of drug-likeness (QED) is 0.716. The molecule has 0 heterocycles. The molecule has 1 fully saturated rings. The molecule has 0 aromatic heterocycles. The highest BCUT2D eigenvalue weighted by molar-refractivity contribution is 5.80. The fourth-order valence-electron chi connectivity index (χ4n) is 1.40. The van der Waals surface area contributed by atoms with Crippen LogP contribution in [0.4, 0.5) is 4.79 Å². The van der Waals surface area contributed by atoms with E-state index in [9.17, 15) is 9.59 Å². The summed E-state index contributed by atoms with van der Waals surface area (Å²) < 4.78 is 0. The molecule has 1 aliphatic carbocycles. The first-order valence-corrected chi connectivity index (χ1v) is 5.73. The second-order valence-electron chi connectivity index (χ2n) is 4.80. The Hall–Kier alpha value is -1.26. The van der Waals surface area contributed by atoms with Crippen LogP contribution in [0.15, 0.2) is 0 Å². The smallest absolute Gasteiger partial charge is 0.323 e. The summed E-state index contributed by atoms with van der Waals surface area (Å²) in [7, 11) is 0. The van der Waals surface area contributed by atoms with Gasteiger partial charge in [-0.2, -0.15) is 0 Å². The summed E-state index contributed by atoms with van der Waals surface area (Å²) >= 11 is 0. The van der Waals surface area contributed by atoms with E-state index in [1.807, 2.05) is 13.8 Å². The van der Waals surface area contributed by atoms with Crippen molar-refractivity contribution in [2.75, 3.05) is 19.6 Å². The Kier molecular flexibility index (Phi) is 4.58. The Balaban J connectivity index is 2.39. The molecule has 1 rings (SSSR count). The molecule has 0 atom stereocenters. The summed E-state index contributed by atoms with van der Waals surface area (Å²) in [5.41, 5.74) is 0. The summed E-state index contributed by atoms with van der Waals surface area (Å²) in [6.07, 6.45) is 2.21. The highest BCUT2D eigenvalue weighted by Crippen LogP contribution is 2.29. The van der Waals surface area contributed by atoms with E-state index in [-0.39, 0.29) is 12.6 Å². The van der Waals surface area contributed by atoms with E-state index in [4.69, 9.17) is 5.11 Å². The highest BCUT2D eigenvalue weighted by Gasteiger charge is 2.27. The zero-order chi connectivity index (χ0) is 12.1. The van der Waals surface area contributed by atoms with Crippen molar-refractivity contribution >= 4 is 12.0 Å². The van der Waals surface area contributed by atoms with Gasteiger partial charge in [0.15, 0.2) is 0 Å². The fourth-order valence-corrected chi connectivity index (χ4v) is 1.40. The number of hydrogen-bond donors (Lipinski definition) is 2. The topological polar surface area (TPSA) is 69.6 Å². The van der Waals surface area contributed by atoms with E-state index >= 15 is 0 Å². The molecule has 0 unspecified atom stereocenters. The summed E-state index contributed by atoms with van der Waals surface area (Å²) in [6.45, 7) is 4.95. The highest BCUT2D eigenvalue weighted by atomic mass is 16.4. The van der Waals surface area contributed by atoms with Crippen LogP contribution in [0.1, 0.15) is 26.7 Å². The fraction of sp³-hybridized carbons (Fsp3) is 0.818. The van der Waals surface area contributed by atoms with Crippen molar-refractivity contribution in [1.82, 2.24) is 10.2 Å². The van der Waals surface area contributed by atoms with Crippen LogP contribution in [0, 0.1) is 11.8 Å². The van der Waals surface area contributed by atoms with Gasteiger partial charge in [-0.25, -0.2) is 4.79 Å². The molecule has 0 radical (unpaired) electrons. The van der Waals surface area contributed by atoms with Gasteiger partial charge in [-0.3, -0.25) is 4.79 Å². The van der Waals surface area contributed by atoms with E-state index in [2.05, 4.69) is 5.32 Å². The molecular formula is C11H20N2O3. The van der Waals surface area contributed by atoms with Crippen molar-refractivity contribution in [3.63, 3.8) is 0 Å². The molecule has 0 bridgehead atoms. The number of carboxylic acids is 1. The van der Waals surface area contributed by atoms with Gasteiger partial charge in [0.2, 0.25) is 0 Å². The molecule has 5 heteroatoms. The van der Waals surface area contributed by atoms with Gasteiger partial charge in [-0.1, -0.05) is 13.8 Å². The van der Waals surface area contributed by atoms with Gasteiger partial charge in [0.25, 0.3) is 0 Å². The summed E-state index contributed by atoms with van der Waals surface area (Å²) in [5, 5.41) is 11.5. The average Bonchev–Trinajstić information content (AvgIpc) is 2.96. The molecule has 5 nitrogen and oxygen atoms in total. The summed E-state index contributed by atoms with van der Waals surface area (Å²) in [4.78, 5) is 23.7. The van der Waals surface area contributed by atoms with Gasteiger partial charge in [0, 0.05) is 13.1 Å². The SMILES string of the molecule is CC(C)CNC(=O)N(CC(=O)O)CC1CC1. The molecule has 2 N–H and O–H groups in total. The van der Waals surface area contributed by atoms with Crippen molar-refractivity contribution < 1.29 is 14.7 Å². The number of carboxylic acid groups (broad SMARTS) is 1. The van der Waals surface area contributed by atoms with Crippen molar-refractivity contribution in [2.24, 2.45) is 11.8 Å². The Morgan fingerprint density at radius 3 is 2.50 bits per heavy atom. The Morgan fingerprint density at radius 2 is 2.06 bits per heavy atom. The van der Waals surface area contributed by atoms with Gasteiger partial charge in [0.05, 0.1) is 0 Å². The first-order chi connectivity index (χ1) is 7.49. The van der Waals surface area contributed by atoms with Gasteiger partial charge in [0.1, 0.15) is 6.54 Å². The number of aliphatic carboxylic acids is 1. The molecule has 1 saturated carbocycles. The van der Waals surface area contributed by atoms with Crippen LogP contribution in [0.25, 0.3) is 0 Å². The lowest BCUT2D eigenvalue weighted by Crippen LogP contribution is -2.44. The van der Waals surface area contributed by atoms with Gasteiger partial charge >= 0.3 is 12.0 Å².